The first-order chi connectivity index (χ1) is 22.4. The zero-order valence-electron chi connectivity index (χ0n) is 24.8. The number of alkyl halides is 6. The van der Waals surface area contributed by atoms with Gasteiger partial charge in [0.1, 0.15) is 19.0 Å². The molecule has 0 unspecified atom stereocenters. The predicted molar refractivity (Wildman–Crippen MR) is 159 cm³/mol. The minimum Gasteiger partial charge on any atom is -0.461 e. The first-order valence-corrected chi connectivity index (χ1v) is 15.1. The summed E-state index contributed by atoms with van der Waals surface area (Å²) in [5.41, 5.74) is -3.44. The van der Waals surface area contributed by atoms with Crippen LogP contribution in [-0.4, -0.2) is 45.7 Å². The monoisotopic (exact) mass is 699 g/mol. The molecule has 0 aliphatic carbocycles. The van der Waals surface area contributed by atoms with Crippen molar-refractivity contribution in [3.63, 3.8) is 0 Å². The molecule has 16 heteroatoms. The first-order valence-electron chi connectivity index (χ1n) is 13.6. The second-order valence-corrected chi connectivity index (χ2v) is 11.7. The van der Waals surface area contributed by atoms with Gasteiger partial charge in [-0.25, -0.2) is 8.42 Å². The third-order valence-corrected chi connectivity index (χ3v) is 7.92. The topological polar surface area (TPSA) is 125 Å². The number of rotatable bonds is 15. The summed E-state index contributed by atoms with van der Waals surface area (Å²) in [7, 11) is -4.30. The van der Waals surface area contributed by atoms with E-state index in [4.69, 9.17) is 9.47 Å². The summed E-state index contributed by atoms with van der Waals surface area (Å²) in [5.74, 6) is -3.87. The molecule has 0 amide bonds. The van der Waals surface area contributed by atoms with Crippen LogP contribution in [-0.2, 0) is 41.7 Å². The van der Waals surface area contributed by atoms with Crippen LogP contribution in [0.5, 0.6) is 5.75 Å². The Morgan fingerprint density at radius 2 is 1.27 bits per heavy atom. The highest BCUT2D eigenvalue weighted by Crippen LogP contribution is 2.35. The summed E-state index contributed by atoms with van der Waals surface area (Å²) >= 11 is 0. The van der Waals surface area contributed by atoms with E-state index in [0.29, 0.717) is 0 Å². The molecule has 0 bridgehead atoms. The lowest BCUT2D eigenvalue weighted by Crippen LogP contribution is -2.45. The number of Topliss-reactive ketones (excluding diaryl/α,β-unsaturated/α-hetero) is 1. The Balaban J connectivity index is 1.90. The molecule has 0 spiro atoms. The van der Waals surface area contributed by atoms with Crippen molar-refractivity contribution in [1.82, 2.24) is 0 Å². The summed E-state index contributed by atoms with van der Waals surface area (Å²) < 4.78 is 118. The minimum absolute atomic E-state index is 0.0611. The Labute approximate surface area is 270 Å². The molecular formula is C32H27F6NO8S. The molecule has 0 radical (unpaired) electrons. The van der Waals surface area contributed by atoms with Gasteiger partial charge < -0.3 is 14.2 Å². The van der Waals surface area contributed by atoms with Gasteiger partial charge in [-0.15, -0.1) is 13.2 Å². The van der Waals surface area contributed by atoms with Gasteiger partial charge >= 0.3 is 24.5 Å². The molecule has 0 aliphatic heterocycles. The number of sulfonamides is 1. The third kappa shape index (κ3) is 9.94. The molecule has 3 aromatic carbocycles. The van der Waals surface area contributed by atoms with E-state index in [0.717, 1.165) is 48.5 Å². The molecule has 9 nitrogen and oxygen atoms in total. The van der Waals surface area contributed by atoms with Crippen molar-refractivity contribution in [2.45, 2.75) is 30.3 Å². The Bertz CT molecular complexity index is 1710. The van der Waals surface area contributed by atoms with E-state index in [1.165, 1.54) is 36.4 Å². The Morgan fingerprint density at radius 1 is 0.750 bits per heavy atom. The zero-order valence-corrected chi connectivity index (χ0v) is 25.6. The third-order valence-electron chi connectivity index (χ3n) is 6.52. The van der Waals surface area contributed by atoms with Crippen molar-refractivity contribution in [3.05, 3.63) is 115 Å². The first kappa shape index (κ1) is 37.3. The number of ketones is 1. The number of carbonyl (C=O) groups is 3. The Hall–Kier alpha value is -5.12. The number of hydrogen-bond acceptors (Lipinski definition) is 8. The maximum Gasteiger partial charge on any atom is 0.573 e. The molecule has 0 fully saturated rings. The number of halogens is 6. The van der Waals surface area contributed by atoms with Crippen LogP contribution < -0.4 is 9.46 Å². The van der Waals surface area contributed by atoms with Crippen molar-refractivity contribution in [2.75, 3.05) is 17.9 Å². The summed E-state index contributed by atoms with van der Waals surface area (Å²) in [6.45, 7) is 6.11. The zero-order chi connectivity index (χ0) is 35.8. The quantitative estimate of drug-likeness (QED) is 0.0614. The summed E-state index contributed by atoms with van der Waals surface area (Å²) in [4.78, 5) is 39.9. The number of esters is 2. The standard InChI is InChI=1S/C32H27F6NO8S/c1-3-17-45-28(41)30(29(42)46-18-4-2,19-21-5-9-23(10-6-21)31(33,34)35)20-27(40)22-7-11-24(12-8-22)39-48(43,44)26-15-13-25(14-16-26)47-32(36,37)38/h3-16,39H,1-2,17-20H2. The average Bonchev–Trinajstić information content (AvgIpc) is 3.01. The van der Waals surface area contributed by atoms with Crippen LogP contribution in [0, 0.1) is 5.41 Å². The maximum atomic E-state index is 13.5. The largest absolute Gasteiger partial charge is 0.573 e. The van der Waals surface area contributed by atoms with Gasteiger partial charge in [-0.05, 0) is 72.6 Å². The molecule has 0 saturated heterocycles. The summed E-state index contributed by atoms with van der Waals surface area (Å²) in [6.07, 6.45) is -8.69. The van der Waals surface area contributed by atoms with Crippen molar-refractivity contribution >= 4 is 33.4 Å². The number of carbonyl (C=O) groups excluding carboxylic acids is 3. The lowest BCUT2D eigenvalue weighted by atomic mass is 9.76. The van der Waals surface area contributed by atoms with Crippen LogP contribution in [0.25, 0.3) is 0 Å². The maximum absolute atomic E-state index is 13.5. The fourth-order valence-corrected chi connectivity index (χ4v) is 5.33. The molecule has 0 aliphatic rings. The summed E-state index contributed by atoms with van der Waals surface area (Å²) in [5, 5.41) is 0. The molecule has 0 saturated carbocycles. The van der Waals surface area contributed by atoms with Gasteiger partial charge in [0, 0.05) is 17.7 Å². The number of benzene rings is 3. The van der Waals surface area contributed by atoms with Gasteiger partial charge in [-0.2, -0.15) is 13.2 Å². The normalized spacial score (nSPS) is 12.0. The van der Waals surface area contributed by atoms with Crippen molar-refractivity contribution < 1.29 is 63.4 Å². The predicted octanol–water partition coefficient (Wildman–Crippen LogP) is 6.67. The smallest absolute Gasteiger partial charge is 0.461 e. The van der Waals surface area contributed by atoms with E-state index in [2.05, 4.69) is 22.6 Å². The van der Waals surface area contributed by atoms with E-state index < -0.39 is 74.7 Å². The molecule has 256 valence electrons. The van der Waals surface area contributed by atoms with Gasteiger partial charge in [0.15, 0.2) is 11.2 Å². The Morgan fingerprint density at radius 3 is 1.73 bits per heavy atom. The number of ether oxygens (including phenoxy) is 3. The van der Waals surface area contributed by atoms with Crippen LogP contribution >= 0.6 is 0 Å². The molecule has 0 aromatic heterocycles. The fraction of sp³-hybridized carbons (Fsp3) is 0.219. The highest BCUT2D eigenvalue weighted by atomic mass is 32.2. The van der Waals surface area contributed by atoms with Crippen molar-refractivity contribution in [3.8, 4) is 5.75 Å². The van der Waals surface area contributed by atoms with E-state index in [1.54, 1.807) is 0 Å². The Kier molecular flexibility index (Phi) is 11.8. The van der Waals surface area contributed by atoms with Gasteiger partial charge in [0.2, 0.25) is 0 Å². The van der Waals surface area contributed by atoms with E-state index in [-0.39, 0.29) is 30.0 Å². The molecule has 1 N–H and O–H groups in total. The lowest BCUT2D eigenvalue weighted by Gasteiger charge is -2.29. The van der Waals surface area contributed by atoms with Gasteiger partial charge in [-0.3, -0.25) is 19.1 Å². The number of nitrogens with one attached hydrogen (secondary N) is 1. The average molecular weight is 700 g/mol. The van der Waals surface area contributed by atoms with Gasteiger partial charge in [0.05, 0.1) is 10.5 Å². The van der Waals surface area contributed by atoms with Crippen LogP contribution in [0.4, 0.5) is 32.0 Å². The second-order valence-electron chi connectivity index (χ2n) is 10.0. The SMILES string of the molecule is C=CCOC(=O)C(CC(=O)c1ccc(NS(=O)(=O)c2ccc(OC(F)(F)F)cc2)cc1)(Cc1ccc(C(F)(F)F)cc1)C(=O)OCC=C. The van der Waals surface area contributed by atoms with Crippen molar-refractivity contribution in [1.29, 1.82) is 0 Å². The second kappa shape index (κ2) is 15.2. The van der Waals surface area contributed by atoms with Gasteiger partial charge in [0.25, 0.3) is 10.0 Å². The molecule has 48 heavy (non-hydrogen) atoms. The molecule has 3 rings (SSSR count). The fourth-order valence-electron chi connectivity index (χ4n) is 4.27. The number of anilines is 1. The molecule has 0 heterocycles. The van der Waals surface area contributed by atoms with Crippen molar-refractivity contribution in [2.24, 2.45) is 5.41 Å². The molecule has 3 aromatic rings. The summed E-state index contributed by atoms with van der Waals surface area (Å²) in [6, 6.07) is 11.7. The van der Waals surface area contributed by atoms with Crippen LogP contribution in [0.2, 0.25) is 0 Å². The highest BCUT2D eigenvalue weighted by Gasteiger charge is 2.51. The molecular weight excluding hydrogens is 672 g/mol. The van der Waals surface area contributed by atoms with Crippen LogP contribution in [0.3, 0.4) is 0 Å². The minimum atomic E-state index is -4.97. The van der Waals surface area contributed by atoms with E-state index in [9.17, 15) is 49.1 Å². The van der Waals surface area contributed by atoms with E-state index in [1.807, 2.05) is 0 Å². The van der Waals surface area contributed by atoms with Crippen LogP contribution in [0.15, 0.2) is 103 Å². The van der Waals surface area contributed by atoms with Gasteiger partial charge in [-0.1, -0.05) is 37.4 Å². The lowest BCUT2D eigenvalue weighted by molar-refractivity contribution is -0.274. The van der Waals surface area contributed by atoms with Crippen LogP contribution in [0.1, 0.15) is 27.9 Å². The number of hydrogen-bond donors (Lipinski definition) is 1. The molecule has 0 atom stereocenters. The highest BCUT2D eigenvalue weighted by molar-refractivity contribution is 7.92. The van der Waals surface area contributed by atoms with E-state index >= 15 is 0 Å².